The third-order valence-electron chi connectivity index (χ3n) is 3.58. The van der Waals surface area contributed by atoms with Crippen molar-refractivity contribution in [2.75, 3.05) is 0 Å². The molecule has 0 aliphatic rings. The second kappa shape index (κ2) is 5.81. The third kappa shape index (κ3) is 3.29. The number of aliphatic hydroxyl groups is 2. The standard InChI is InChI=1S/C18H15ClFNO2/c1-18(22,23)17-14-10-12(19)5-9-15(14)21-16(17)8-4-11-2-6-13(20)7-3-11/h2-10,21-23H,1H3/b8-4+. The number of nitrogens with one attached hydrogen (secondary N) is 1. The van der Waals surface area contributed by atoms with Crippen LogP contribution in [-0.2, 0) is 5.79 Å². The average Bonchev–Trinajstić information content (AvgIpc) is 2.84. The van der Waals surface area contributed by atoms with Crippen LogP contribution in [0.15, 0.2) is 42.5 Å². The number of H-pyrrole nitrogens is 1. The molecule has 3 N–H and O–H groups in total. The predicted octanol–water partition coefficient (Wildman–Crippen LogP) is 4.29. The van der Waals surface area contributed by atoms with Crippen LogP contribution in [-0.4, -0.2) is 15.2 Å². The van der Waals surface area contributed by atoms with Crippen molar-refractivity contribution in [1.82, 2.24) is 4.98 Å². The van der Waals surface area contributed by atoms with E-state index in [0.717, 1.165) is 11.1 Å². The maximum atomic E-state index is 12.9. The summed E-state index contributed by atoms with van der Waals surface area (Å²) in [5, 5.41) is 21.3. The molecule has 0 fully saturated rings. The first-order chi connectivity index (χ1) is 10.8. The van der Waals surface area contributed by atoms with E-state index in [2.05, 4.69) is 4.98 Å². The van der Waals surface area contributed by atoms with Crippen LogP contribution in [0, 0.1) is 5.82 Å². The fourth-order valence-corrected chi connectivity index (χ4v) is 2.75. The normalized spacial score (nSPS) is 12.4. The molecule has 0 spiro atoms. The number of aromatic amines is 1. The van der Waals surface area contributed by atoms with Crippen LogP contribution >= 0.6 is 11.6 Å². The Labute approximate surface area is 137 Å². The highest BCUT2D eigenvalue weighted by molar-refractivity contribution is 6.31. The van der Waals surface area contributed by atoms with Crippen molar-refractivity contribution in [3.63, 3.8) is 0 Å². The van der Waals surface area contributed by atoms with Crippen molar-refractivity contribution in [2.24, 2.45) is 0 Å². The zero-order chi connectivity index (χ0) is 16.6. The summed E-state index contributed by atoms with van der Waals surface area (Å²) in [6.45, 7) is 1.30. The van der Waals surface area contributed by atoms with Gasteiger partial charge in [-0.25, -0.2) is 4.39 Å². The van der Waals surface area contributed by atoms with Gasteiger partial charge in [0.1, 0.15) is 5.82 Å². The van der Waals surface area contributed by atoms with Gasteiger partial charge in [0, 0.05) is 27.2 Å². The van der Waals surface area contributed by atoms with E-state index in [1.165, 1.54) is 19.1 Å². The fraction of sp³-hybridized carbons (Fsp3) is 0.111. The molecule has 0 saturated heterocycles. The summed E-state index contributed by atoms with van der Waals surface area (Å²) in [5.41, 5.74) is 2.44. The van der Waals surface area contributed by atoms with E-state index >= 15 is 0 Å². The van der Waals surface area contributed by atoms with Crippen molar-refractivity contribution in [1.29, 1.82) is 0 Å². The van der Waals surface area contributed by atoms with Gasteiger partial charge in [-0.15, -0.1) is 0 Å². The van der Waals surface area contributed by atoms with E-state index in [9.17, 15) is 14.6 Å². The number of hydrogen-bond acceptors (Lipinski definition) is 2. The first-order valence-corrected chi connectivity index (χ1v) is 7.42. The maximum Gasteiger partial charge on any atom is 0.189 e. The molecule has 1 aromatic heterocycles. The lowest BCUT2D eigenvalue weighted by molar-refractivity contribution is -0.151. The highest BCUT2D eigenvalue weighted by Crippen LogP contribution is 2.33. The van der Waals surface area contributed by atoms with E-state index < -0.39 is 5.79 Å². The summed E-state index contributed by atoms with van der Waals surface area (Å²) in [4.78, 5) is 3.14. The molecule has 1 heterocycles. The van der Waals surface area contributed by atoms with Gasteiger partial charge in [-0.3, -0.25) is 0 Å². The molecule has 2 aromatic carbocycles. The topological polar surface area (TPSA) is 56.2 Å². The molecular weight excluding hydrogens is 317 g/mol. The van der Waals surface area contributed by atoms with Gasteiger partial charge in [0.2, 0.25) is 0 Å². The van der Waals surface area contributed by atoms with Gasteiger partial charge in [-0.1, -0.05) is 29.8 Å². The Kier molecular flexibility index (Phi) is 3.98. The van der Waals surface area contributed by atoms with E-state index in [-0.39, 0.29) is 5.82 Å². The highest BCUT2D eigenvalue weighted by Gasteiger charge is 2.26. The summed E-state index contributed by atoms with van der Waals surface area (Å²) in [5.74, 6) is -2.33. The number of rotatable bonds is 3. The number of fused-ring (bicyclic) bond motifs is 1. The van der Waals surface area contributed by atoms with Crippen molar-refractivity contribution in [2.45, 2.75) is 12.7 Å². The Morgan fingerprint density at radius 1 is 1.09 bits per heavy atom. The molecule has 0 aliphatic heterocycles. The van der Waals surface area contributed by atoms with Crippen molar-refractivity contribution < 1.29 is 14.6 Å². The molecule has 0 radical (unpaired) electrons. The molecule has 118 valence electrons. The minimum Gasteiger partial charge on any atom is -0.362 e. The van der Waals surface area contributed by atoms with Crippen LogP contribution in [0.4, 0.5) is 4.39 Å². The smallest absolute Gasteiger partial charge is 0.189 e. The molecule has 0 atom stereocenters. The minimum absolute atomic E-state index is 0.304. The molecule has 3 aromatic rings. The van der Waals surface area contributed by atoms with Gasteiger partial charge in [0.05, 0.1) is 0 Å². The average molecular weight is 332 g/mol. The Hall–Kier alpha value is -2.14. The molecule has 5 heteroatoms. The lowest BCUT2D eigenvalue weighted by atomic mass is 10.0. The second-order valence-corrected chi connectivity index (χ2v) is 5.95. The van der Waals surface area contributed by atoms with Crippen LogP contribution in [0.1, 0.15) is 23.7 Å². The van der Waals surface area contributed by atoms with Gasteiger partial charge >= 0.3 is 0 Å². The third-order valence-corrected chi connectivity index (χ3v) is 3.81. The highest BCUT2D eigenvalue weighted by atomic mass is 35.5. The lowest BCUT2D eigenvalue weighted by Crippen LogP contribution is -2.20. The Morgan fingerprint density at radius 2 is 1.78 bits per heavy atom. The van der Waals surface area contributed by atoms with E-state index in [1.807, 2.05) is 0 Å². The maximum absolute atomic E-state index is 12.9. The van der Waals surface area contributed by atoms with Crippen molar-refractivity contribution in [3.8, 4) is 0 Å². The molecule has 0 saturated carbocycles. The SMILES string of the molecule is CC(O)(O)c1c(/C=C/c2ccc(F)cc2)[nH]c2ccc(Cl)cc12. The van der Waals surface area contributed by atoms with Gasteiger partial charge in [0.25, 0.3) is 0 Å². The summed E-state index contributed by atoms with van der Waals surface area (Å²) >= 11 is 6.01. The Morgan fingerprint density at radius 3 is 2.43 bits per heavy atom. The molecule has 3 nitrogen and oxygen atoms in total. The monoisotopic (exact) mass is 331 g/mol. The van der Waals surface area contributed by atoms with Gasteiger partial charge in [0.15, 0.2) is 5.79 Å². The number of benzene rings is 2. The first kappa shape index (κ1) is 15.7. The molecule has 23 heavy (non-hydrogen) atoms. The summed E-state index contributed by atoms with van der Waals surface area (Å²) in [6, 6.07) is 11.2. The lowest BCUT2D eigenvalue weighted by Gasteiger charge is -2.16. The van der Waals surface area contributed by atoms with E-state index in [4.69, 9.17) is 11.6 Å². The number of halogens is 2. The van der Waals surface area contributed by atoms with E-state index in [1.54, 1.807) is 42.5 Å². The Balaban J connectivity index is 2.11. The summed E-state index contributed by atoms with van der Waals surface area (Å²) in [7, 11) is 0. The minimum atomic E-state index is -2.02. The molecule has 3 rings (SSSR count). The number of aromatic nitrogens is 1. The summed E-state index contributed by atoms with van der Waals surface area (Å²) in [6.07, 6.45) is 3.49. The molecule has 0 bridgehead atoms. The molecule has 0 aliphatic carbocycles. The quantitative estimate of drug-likeness (QED) is 0.627. The predicted molar refractivity (Wildman–Crippen MR) is 90.4 cm³/mol. The zero-order valence-corrected chi connectivity index (χ0v) is 13.1. The van der Waals surface area contributed by atoms with Crippen molar-refractivity contribution >= 4 is 34.7 Å². The van der Waals surface area contributed by atoms with E-state index in [0.29, 0.717) is 21.7 Å². The second-order valence-electron chi connectivity index (χ2n) is 5.51. The van der Waals surface area contributed by atoms with Crippen LogP contribution in [0.5, 0.6) is 0 Å². The van der Waals surface area contributed by atoms with Crippen molar-refractivity contribution in [3.05, 3.63) is 70.1 Å². The summed E-state index contributed by atoms with van der Waals surface area (Å²) < 4.78 is 12.9. The first-order valence-electron chi connectivity index (χ1n) is 7.05. The van der Waals surface area contributed by atoms with Gasteiger partial charge in [-0.2, -0.15) is 0 Å². The van der Waals surface area contributed by atoms with Crippen LogP contribution < -0.4 is 0 Å². The zero-order valence-electron chi connectivity index (χ0n) is 12.3. The fourth-order valence-electron chi connectivity index (χ4n) is 2.57. The Bertz CT molecular complexity index is 876. The van der Waals surface area contributed by atoms with Crippen LogP contribution in [0.2, 0.25) is 5.02 Å². The molecule has 0 amide bonds. The van der Waals surface area contributed by atoms with Crippen LogP contribution in [0.25, 0.3) is 23.1 Å². The van der Waals surface area contributed by atoms with Gasteiger partial charge < -0.3 is 15.2 Å². The largest absolute Gasteiger partial charge is 0.362 e. The number of hydrogen-bond donors (Lipinski definition) is 3. The molecule has 0 unspecified atom stereocenters. The molecular formula is C18H15ClFNO2. The van der Waals surface area contributed by atoms with Gasteiger partial charge in [-0.05, 0) is 48.9 Å². The van der Waals surface area contributed by atoms with Crippen LogP contribution in [0.3, 0.4) is 0 Å².